The number of thiophene rings is 1. The van der Waals surface area contributed by atoms with Crippen LogP contribution in [0.2, 0.25) is 0 Å². The van der Waals surface area contributed by atoms with Crippen LogP contribution in [0.15, 0.2) is 51.7 Å². The Balaban J connectivity index is 1.90. The third-order valence-corrected chi connectivity index (χ3v) is 5.02. The SMILES string of the molecule is CN1C(=O)C(=Cc2cccs2)SC1=Nc1cccc(C(=O)O)c1. The van der Waals surface area contributed by atoms with Crippen molar-refractivity contribution in [3.8, 4) is 0 Å². The van der Waals surface area contributed by atoms with Gasteiger partial charge in [-0.1, -0.05) is 12.1 Å². The lowest BCUT2D eigenvalue weighted by molar-refractivity contribution is -0.121. The van der Waals surface area contributed by atoms with Crippen molar-refractivity contribution in [1.29, 1.82) is 0 Å². The maximum Gasteiger partial charge on any atom is 0.335 e. The first-order valence-electron chi connectivity index (χ1n) is 6.68. The molecule has 0 saturated carbocycles. The summed E-state index contributed by atoms with van der Waals surface area (Å²) in [7, 11) is 1.66. The molecule has 2 heterocycles. The van der Waals surface area contributed by atoms with Crippen molar-refractivity contribution >= 4 is 51.9 Å². The van der Waals surface area contributed by atoms with Crippen molar-refractivity contribution in [1.82, 2.24) is 4.90 Å². The van der Waals surface area contributed by atoms with Gasteiger partial charge in [0.1, 0.15) is 0 Å². The second-order valence-electron chi connectivity index (χ2n) is 4.74. The molecule has 0 unspecified atom stereocenters. The molecule has 1 aromatic carbocycles. The summed E-state index contributed by atoms with van der Waals surface area (Å²) in [6, 6.07) is 10.2. The molecule has 1 amide bonds. The predicted octanol–water partition coefficient (Wildman–Crippen LogP) is 3.68. The zero-order valence-corrected chi connectivity index (χ0v) is 13.7. The summed E-state index contributed by atoms with van der Waals surface area (Å²) in [6.45, 7) is 0. The molecule has 0 spiro atoms. The Morgan fingerprint density at radius 3 is 2.83 bits per heavy atom. The number of likely N-dealkylation sites (N-methyl/N-ethyl adjacent to an activating group) is 1. The molecule has 1 aliphatic heterocycles. The summed E-state index contributed by atoms with van der Waals surface area (Å²) in [6.07, 6.45) is 1.84. The number of carbonyl (C=O) groups excluding carboxylic acids is 1. The van der Waals surface area contributed by atoms with Gasteiger partial charge in [-0.2, -0.15) is 0 Å². The molecule has 1 fully saturated rings. The number of aromatic carboxylic acids is 1. The fourth-order valence-electron chi connectivity index (χ4n) is 1.97. The Kier molecular flexibility index (Phi) is 4.31. The Labute approximate surface area is 141 Å². The van der Waals surface area contributed by atoms with Crippen LogP contribution in [0.5, 0.6) is 0 Å². The van der Waals surface area contributed by atoms with Gasteiger partial charge < -0.3 is 5.11 Å². The molecular weight excluding hydrogens is 332 g/mol. The van der Waals surface area contributed by atoms with Gasteiger partial charge in [0.25, 0.3) is 5.91 Å². The standard InChI is InChI=1S/C16H12N2O3S2/c1-18-14(19)13(9-12-6-3-7-22-12)23-16(18)17-11-5-2-4-10(8-11)15(20)21/h2-9H,1H3,(H,20,21). The van der Waals surface area contributed by atoms with E-state index in [9.17, 15) is 9.59 Å². The number of carboxylic acid groups (broad SMARTS) is 1. The minimum atomic E-state index is -1.01. The molecule has 0 atom stereocenters. The topological polar surface area (TPSA) is 70.0 Å². The summed E-state index contributed by atoms with van der Waals surface area (Å²) in [4.78, 5) is 30.8. The second-order valence-corrected chi connectivity index (χ2v) is 6.73. The number of rotatable bonds is 3. The van der Waals surface area contributed by atoms with Gasteiger partial charge in [-0.05, 0) is 47.5 Å². The van der Waals surface area contributed by atoms with Gasteiger partial charge in [0.2, 0.25) is 0 Å². The van der Waals surface area contributed by atoms with Crippen LogP contribution in [0.4, 0.5) is 5.69 Å². The molecule has 3 rings (SSSR count). The predicted molar refractivity (Wildman–Crippen MR) is 93.2 cm³/mol. The van der Waals surface area contributed by atoms with E-state index in [1.165, 1.54) is 28.8 Å². The maximum atomic E-state index is 12.3. The average molecular weight is 344 g/mol. The van der Waals surface area contributed by atoms with E-state index in [2.05, 4.69) is 4.99 Å². The molecule has 0 radical (unpaired) electrons. The smallest absolute Gasteiger partial charge is 0.335 e. The second kappa shape index (κ2) is 6.39. The van der Waals surface area contributed by atoms with E-state index < -0.39 is 5.97 Å². The van der Waals surface area contributed by atoms with E-state index >= 15 is 0 Å². The number of amides is 1. The molecule has 1 aromatic heterocycles. The highest BCUT2D eigenvalue weighted by molar-refractivity contribution is 8.18. The summed E-state index contributed by atoms with van der Waals surface area (Å²) in [5, 5.41) is 11.5. The van der Waals surface area contributed by atoms with Gasteiger partial charge in [-0.15, -0.1) is 11.3 Å². The molecule has 1 aliphatic rings. The highest BCUT2D eigenvalue weighted by atomic mass is 32.2. The number of hydrogen-bond donors (Lipinski definition) is 1. The Hall–Kier alpha value is -2.38. The van der Waals surface area contributed by atoms with Crippen LogP contribution in [0, 0.1) is 0 Å². The molecule has 7 heteroatoms. The number of carboxylic acids is 1. The van der Waals surface area contributed by atoms with Crippen LogP contribution in [0.25, 0.3) is 6.08 Å². The number of thioether (sulfide) groups is 1. The number of amidine groups is 1. The van der Waals surface area contributed by atoms with Crippen molar-refractivity contribution in [2.24, 2.45) is 4.99 Å². The number of aliphatic imine (C=N–C) groups is 1. The van der Waals surface area contributed by atoms with E-state index in [-0.39, 0.29) is 11.5 Å². The van der Waals surface area contributed by atoms with Crippen LogP contribution in [-0.4, -0.2) is 34.1 Å². The first-order valence-corrected chi connectivity index (χ1v) is 8.37. The van der Waals surface area contributed by atoms with Crippen molar-refractivity contribution in [2.75, 3.05) is 7.05 Å². The summed E-state index contributed by atoms with van der Waals surface area (Å²) in [5.74, 6) is -1.12. The Morgan fingerprint density at radius 2 is 2.13 bits per heavy atom. The fraction of sp³-hybridized carbons (Fsp3) is 0.0625. The minimum absolute atomic E-state index is 0.114. The van der Waals surface area contributed by atoms with E-state index in [0.717, 1.165) is 4.88 Å². The minimum Gasteiger partial charge on any atom is -0.478 e. The molecular formula is C16H12N2O3S2. The van der Waals surface area contributed by atoms with E-state index in [0.29, 0.717) is 15.8 Å². The third kappa shape index (κ3) is 3.35. The van der Waals surface area contributed by atoms with Crippen LogP contribution in [0.1, 0.15) is 15.2 Å². The number of nitrogens with zero attached hydrogens (tertiary/aromatic N) is 2. The molecule has 23 heavy (non-hydrogen) atoms. The molecule has 1 N–H and O–H groups in total. The van der Waals surface area contributed by atoms with E-state index in [4.69, 9.17) is 5.11 Å². The lowest BCUT2D eigenvalue weighted by atomic mass is 10.2. The first kappa shape index (κ1) is 15.5. The molecule has 1 saturated heterocycles. The largest absolute Gasteiger partial charge is 0.478 e. The number of benzene rings is 1. The summed E-state index contributed by atoms with van der Waals surface area (Å²) < 4.78 is 0. The number of carbonyl (C=O) groups is 2. The summed E-state index contributed by atoms with van der Waals surface area (Å²) in [5.41, 5.74) is 0.669. The van der Waals surface area contributed by atoms with Crippen LogP contribution >= 0.6 is 23.1 Å². The van der Waals surface area contributed by atoms with Crippen molar-refractivity contribution in [2.45, 2.75) is 0 Å². The molecule has 116 valence electrons. The third-order valence-electron chi connectivity index (χ3n) is 3.14. The van der Waals surface area contributed by atoms with Gasteiger partial charge in [0, 0.05) is 11.9 Å². The van der Waals surface area contributed by atoms with Gasteiger partial charge >= 0.3 is 5.97 Å². The monoisotopic (exact) mass is 344 g/mol. The molecule has 0 aliphatic carbocycles. The lowest BCUT2D eigenvalue weighted by Crippen LogP contribution is -2.23. The van der Waals surface area contributed by atoms with Gasteiger partial charge in [0.15, 0.2) is 5.17 Å². The van der Waals surface area contributed by atoms with Crippen LogP contribution in [0.3, 0.4) is 0 Å². The molecule has 0 bridgehead atoms. The van der Waals surface area contributed by atoms with Crippen LogP contribution in [-0.2, 0) is 4.79 Å². The van der Waals surface area contributed by atoms with Gasteiger partial charge in [-0.3, -0.25) is 9.69 Å². The van der Waals surface area contributed by atoms with Gasteiger partial charge in [-0.25, -0.2) is 9.79 Å². The summed E-state index contributed by atoms with van der Waals surface area (Å²) >= 11 is 2.84. The van der Waals surface area contributed by atoms with Gasteiger partial charge in [0.05, 0.1) is 16.2 Å². The zero-order valence-electron chi connectivity index (χ0n) is 12.1. The Morgan fingerprint density at radius 1 is 1.30 bits per heavy atom. The molecule has 5 nitrogen and oxygen atoms in total. The Bertz CT molecular complexity index is 826. The fourth-order valence-corrected chi connectivity index (χ4v) is 3.68. The normalized spacial score (nSPS) is 18.1. The average Bonchev–Trinajstić information content (AvgIpc) is 3.13. The van der Waals surface area contributed by atoms with Crippen molar-refractivity contribution < 1.29 is 14.7 Å². The first-order chi connectivity index (χ1) is 11.0. The van der Waals surface area contributed by atoms with E-state index in [1.54, 1.807) is 30.5 Å². The molecule has 2 aromatic rings. The van der Waals surface area contributed by atoms with E-state index in [1.807, 2.05) is 23.6 Å². The number of hydrogen-bond acceptors (Lipinski definition) is 5. The maximum absolute atomic E-state index is 12.3. The quantitative estimate of drug-likeness (QED) is 0.862. The van der Waals surface area contributed by atoms with Crippen molar-refractivity contribution in [3.63, 3.8) is 0 Å². The lowest BCUT2D eigenvalue weighted by Gasteiger charge is -2.07. The van der Waals surface area contributed by atoms with Crippen molar-refractivity contribution in [3.05, 3.63) is 57.1 Å². The highest BCUT2D eigenvalue weighted by Gasteiger charge is 2.30. The van der Waals surface area contributed by atoms with Crippen LogP contribution < -0.4 is 0 Å². The zero-order chi connectivity index (χ0) is 16.4. The highest BCUT2D eigenvalue weighted by Crippen LogP contribution is 2.33.